The van der Waals surface area contributed by atoms with Gasteiger partial charge in [-0.15, -0.1) is 0 Å². The summed E-state index contributed by atoms with van der Waals surface area (Å²) in [5.41, 5.74) is 0. The van der Waals surface area contributed by atoms with Crippen molar-refractivity contribution in [2.45, 2.75) is 17.1 Å². The van der Waals surface area contributed by atoms with Gasteiger partial charge in [0, 0.05) is 19.2 Å². The lowest BCUT2D eigenvalue weighted by molar-refractivity contribution is 0.0572. The summed E-state index contributed by atoms with van der Waals surface area (Å²) >= 11 is 0. The van der Waals surface area contributed by atoms with Crippen molar-refractivity contribution in [2.75, 3.05) is 13.1 Å². The molecule has 2 unspecified atom stereocenters. The van der Waals surface area contributed by atoms with Crippen LogP contribution in [0.2, 0.25) is 0 Å². The lowest BCUT2D eigenvalue weighted by Crippen LogP contribution is -2.30. The Labute approximate surface area is 102 Å². The Morgan fingerprint density at radius 2 is 1.72 bits per heavy atom. The van der Waals surface area contributed by atoms with E-state index < -0.39 is 38.8 Å². The van der Waals surface area contributed by atoms with E-state index in [0.29, 0.717) is 6.07 Å². The lowest BCUT2D eigenvalue weighted by Gasteiger charge is -2.15. The molecule has 18 heavy (non-hydrogen) atoms. The van der Waals surface area contributed by atoms with Gasteiger partial charge in [-0.05, 0) is 12.1 Å². The maximum atomic E-state index is 13.4. The molecule has 0 spiro atoms. The molecule has 8 heteroatoms. The van der Waals surface area contributed by atoms with Crippen LogP contribution in [0.5, 0.6) is 0 Å². The Hall–Kier alpha value is -1.09. The smallest absolute Gasteiger partial charge is 0.246 e. The van der Waals surface area contributed by atoms with E-state index in [-0.39, 0.29) is 13.1 Å². The van der Waals surface area contributed by atoms with Gasteiger partial charge in [-0.3, -0.25) is 0 Å². The van der Waals surface area contributed by atoms with Crippen molar-refractivity contribution >= 4 is 10.0 Å². The van der Waals surface area contributed by atoms with Gasteiger partial charge in [-0.1, -0.05) is 0 Å². The number of rotatable bonds is 2. The molecule has 1 saturated heterocycles. The maximum Gasteiger partial charge on any atom is 0.246 e. The molecule has 1 aliphatic rings. The Bertz CT molecular complexity index is 553. The highest BCUT2D eigenvalue weighted by Gasteiger charge is 2.38. The van der Waals surface area contributed by atoms with Crippen molar-refractivity contribution in [2.24, 2.45) is 0 Å². The molecule has 100 valence electrons. The number of benzene rings is 1. The minimum Gasteiger partial charge on any atom is -0.389 e. The summed E-state index contributed by atoms with van der Waals surface area (Å²) in [5.74, 6) is -2.08. The van der Waals surface area contributed by atoms with E-state index >= 15 is 0 Å². The van der Waals surface area contributed by atoms with Crippen molar-refractivity contribution in [3.05, 3.63) is 29.8 Å². The van der Waals surface area contributed by atoms with Crippen LogP contribution in [0.25, 0.3) is 0 Å². The Kier molecular flexibility index (Phi) is 3.37. The number of hydrogen-bond acceptors (Lipinski definition) is 4. The van der Waals surface area contributed by atoms with Gasteiger partial charge in [0.2, 0.25) is 10.0 Å². The molecule has 1 aliphatic heterocycles. The number of halogens is 2. The van der Waals surface area contributed by atoms with Crippen LogP contribution < -0.4 is 0 Å². The van der Waals surface area contributed by atoms with Gasteiger partial charge in [0.05, 0.1) is 12.2 Å². The molecule has 0 aliphatic carbocycles. The standard InChI is InChI=1S/C10H11F2NO4S/c11-6-1-2-10(7(12)3-6)18(16,17)13-4-8(14)9(15)5-13/h1-3,8-9,14-15H,4-5H2. The van der Waals surface area contributed by atoms with Crippen LogP contribution in [-0.4, -0.2) is 48.2 Å². The molecule has 1 aromatic carbocycles. The van der Waals surface area contributed by atoms with Gasteiger partial charge in [0.15, 0.2) is 0 Å². The van der Waals surface area contributed by atoms with Gasteiger partial charge in [0.1, 0.15) is 16.5 Å². The highest BCUT2D eigenvalue weighted by molar-refractivity contribution is 7.89. The molecule has 0 radical (unpaired) electrons. The summed E-state index contributed by atoms with van der Waals surface area (Å²) in [4.78, 5) is -0.676. The molecule has 0 aromatic heterocycles. The summed E-state index contributed by atoms with van der Waals surface area (Å²) in [6, 6.07) is 2.12. The predicted octanol–water partition coefficient (Wildman–Crippen LogP) is -0.309. The predicted molar refractivity (Wildman–Crippen MR) is 57.1 cm³/mol. The van der Waals surface area contributed by atoms with Gasteiger partial charge in [0.25, 0.3) is 0 Å². The third-order valence-electron chi connectivity index (χ3n) is 2.74. The number of hydrogen-bond donors (Lipinski definition) is 2. The number of aliphatic hydroxyl groups excluding tert-OH is 2. The van der Waals surface area contributed by atoms with Crippen LogP contribution in [0, 0.1) is 11.6 Å². The molecule has 2 atom stereocenters. The van der Waals surface area contributed by atoms with Crippen LogP contribution in [0.15, 0.2) is 23.1 Å². The van der Waals surface area contributed by atoms with Crippen molar-refractivity contribution in [3.63, 3.8) is 0 Å². The molecule has 1 fully saturated rings. The van der Waals surface area contributed by atoms with E-state index in [1.54, 1.807) is 0 Å². The monoisotopic (exact) mass is 279 g/mol. The number of β-amino-alcohol motifs (C(OH)–C–C–N with tert-alkyl or cyclic N) is 2. The molecule has 1 aromatic rings. The molecule has 0 saturated carbocycles. The maximum absolute atomic E-state index is 13.4. The third-order valence-corrected chi connectivity index (χ3v) is 4.60. The van der Waals surface area contributed by atoms with Gasteiger partial charge in [-0.25, -0.2) is 17.2 Å². The van der Waals surface area contributed by atoms with E-state index in [9.17, 15) is 27.4 Å². The quantitative estimate of drug-likeness (QED) is 0.778. The molecular formula is C10H11F2NO4S. The van der Waals surface area contributed by atoms with Crippen LogP contribution in [0.4, 0.5) is 8.78 Å². The van der Waals surface area contributed by atoms with Gasteiger partial charge in [-0.2, -0.15) is 4.31 Å². The second-order valence-electron chi connectivity index (χ2n) is 4.03. The van der Waals surface area contributed by atoms with Crippen molar-refractivity contribution in [3.8, 4) is 0 Å². The van der Waals surface area contributed by atoms with Crippen LogP contribution in [0.1, 0.15) is 0 Å². The SMILES string of the molecule is O=S(=O)(c1ccc(F)cc1F)N1CC(O)C(O)C1. The first kappa shape index (κ1) is 13.3. The fourth-order valence-corrected chi connectivity index (χ4v) is 3.28. The average molecular weight is 279 g/mol. The molecule has 0 bridgehead atoms. The van der Waals surface area contributed by atoms with E-state index in [4.69, 9.17) is 0 Å². The van der Waals surface area contributed by atoms with Crippen LogP contribution in [0.3, 0.4) is 0 Å². The van der Waals surface area contributed by atoms with Crippen LogP contribution >= 0.6 is 0 Å². The van der Waals surface area contributed by atoms with E-state index in [1.807, 2.05) is 0 Å². The van der Waals surface area contributed by atoms with E-state index in [2.05, 4.69) is 0 Å². The zero-order valence-corrected chi connectivity index (χ0v) is 9.94. The Balaban J connectivity index is 2.37. The van der Waals surface area contributed by atoms with Gasteiger partial charge < -0.3 is 10.2 Å². The fourth-order valence-electron chi connectivity index (χ4n) is 1.75. The fraction of sp³-hybridized carbons (Fsp3) is 0.400. The minimum absolute atomic E-state index is 0.319. The normalized spacial score (nSPS) is 25.6. The summed E-state index contributed by atoms with van der Waals surface area (Å²) < 4.78 is 50.9. The van der Waals surface area contributed by atoms with Crippen LogP contribution in [-0.2, 0) is 10.0 Å². The number of nitrogens with zero attached hydrogens (tertiary/aromatic N) is 1. The largest absolute Gasteiger partial charge is 0.389 e. The summed E-state index contributed by atoms with van der Waals surface area (Å²) in [5, 5.41) is 18.6. The Morgan fingerprint density at radius 3 is 2.22 bits per heavy atom. The highest BCUT2D eigenvalue weighted by atomic mass is 32.2. The lowest BCUT2D eigenvalue weighted by atomic mass is 10.3. The van der Waals surface area contributed by atoms with Crippen molar-refractivity contribution in [1.82, 2.24) is 4.31 Å². The topological polar surface area (TPSA) is 77.8 Å². The van der Waals surface area contributed by atoms with Gasteiger partial charge >= 0.3 is 0 Å². The average Bonchev–Trinajstić information content (AvgIpc) is 2.59. The molecular weight excluding hydrogens is 268 g/mol. The first-order valence-corrected chi connectivity index (χ1v) is 6.57. The second-order valence-corrected chi connectivity index (χ2v) is 5.94. The highest BCUT2D eigenvalue weighted by Crippen LogP contribution is 2.23. The number of aliphatic hydroxyl groups is 2. The molecule has 2 rings (SSSR count). The number of sulfonamides is 1. The molecule has 1 heterocycles. The minimum atomic E-state index is -4.18. The molecule has 0 amide bonds. The zero-order chi connectivity index (χ0) is 13.5. The van der Waals surface area contributed by atoms with E-state index in [1.165, 1.54) is 0 Å². The second kappa shape index (κ2) is 4.54. The van der Waals surface area contributed by atoms with Crippen molar-refractivity contribution in [1.29, 1.82) is 0 Å². The zero-order valence-electron chi connectivity index (χ0n) is 9.12. The summed E-state index contributed by atoms with van der Waals surface area (Å²) in [6.07, 6.45) is -2.41. The molecule has 5 nitrogen and oxygen atoms in total. The van der Waals surface area contributed by atoms with Crippen molar-refractivity contribution < 1.29 is 27.4 Å². The summed E-state index contributed by atoms with van der Waals surface area (Å²) in [7, 11) is -4.18. The third kappa shape index (κ3) is 2.24. The first-order chi connectivity index (χ1) is 8.32. The Morgan fingerprint density at radius 1 is 1.17 bits per heavy atom. The first-order valence-electron chi connectivity index (χ1n) is 5.13. The molecule has 2 N–H and O–H groups in total. The summed E-state index contributed by atoms with van der Waals surface area (Å²) in [6.45, 7) is -0.638. The van der Waals surface area contributed by atoms with E-state index in [0.717, 1.165) is 16.4 Å².